The molecule has 0 aliphatic heterocycles. The van der Waals surface area contributed by atoms with Crippen LogP contribution < -0.4 is 10.1 Å². The van der Waals surface area contributed by atoms with Crippen molar-refractivity contribution in [2.24, 2.45) is 0 Å². The number of rotatable bonds is 6. The smallest absolute Gasteiger partial charge is 0.127 e. The van der Waals surface area contributed by atoms with Gasteiger partial charge in [0.25, 0.3) is 0 Å². The fourth-order valence-electron chi connectivity index (χ4n) is 2.25. The van der Waals surface area contributed by atoms with E-state index in [1.54, 1.807) is 0 Å². The molecular formula is C18H20ClNO. The summed E-state index contributed by atoms with van der Waals surface area (Å²) in [5.74, 6) is 1.69. The number of halogens is 1. The Morgan fingerprint density at radius 2 is 1.81 bits per heavy atom. The van der Waals surface area contributed by atoms with Crippen molar-refractivity contribution >= 4 is 11.6 Å². The summed E-state index contributed by atoms with van der Waals surface area (Å²) in [5, 5.41) is 4.31. The normalized spacial score (nSPS) is 14.2. The zero-order valence-corrected chi connectivity index (χ0v) is 13.0. The van der Waals surface area contributed by atoms with E-state index in [4.69, 9.17) is 16.3 Å². The van der Waals surface area contributed by atoms with Crippen LogP contribution in [0.5, 0.6) is 11.5 Å². The molecule has 2 nitrogen and oxygen atoms in total. The quantitative estimate of drug-likeness (QED) is 0.815. The Labute approximate surface area is 131 Å². The van der Waals surface area contributed by atoms with Gasteiger partial charge in [0, 0.05) is 17.6 Å². The lowest BCUT2D eigenvalue weighted by Gasteiger charge is -2.09. The summed E-state index contributed by atoms with van der Waals surface area (Å²) in [7, 11) is 0. The SMILES string of the molecule is CCc1cc(Oc2ccc(CNC3CC3)cc2)ccc1Cl. The highest BCUT2D eigenvalue weighted by Gasteiger charge is 2.19. The van der Waals surface area contributed by atoms with E-state index < -0.39 is 0 Å². The first-order valence-electron chi connectivity index (χ1n) is 7.53. The Morgan fingerprint density at radius 1 is 1.10 bits per heavy atom. The first kappa shape index (κ1) is 14.4. The van der Waals surface area contributed by atoms with Crippen LogP contribution in [0.15, 0.2) is 42.5 Å². The molecule has 0 spiro atoms. The van der Waals surface area contributed by atoms with Crippen LogP contribution in [-0.2, 0) is 13.0 Å². The summed E-state index contributed by atoms with van der Waals surface area (Å²) < 4.78 is 5.89. The van der Waals surface area contributed by atoms with Gasteiger partial charge >= 0.3 is 0 Å². The molecular weight excluding hydrogens is 282 g/mol. The van der Waals surface area contributed by atoms with Crippen LogP contribution in [-0.4, -0.2) is 6.04 Å². The summed E-state index contributed by atoms with van der Waals surface area (Å²) in [4.78, 5) is 0. The summed E-state index contributed by atoms with van der Waals surface area (Å²) in [6.07, 6.45) is 3.54. The number of ether oxygens (including phenoxy) is 1. The third kappa shape index (κ3) is 3.99. The molecule has 1 aliphatic rings. The van der Waals surface area contributed by atoms with Gasteiger partial charge in [0.05, 0.1) is 0 Å². The van der Waals surface area contributed by atoms with Crippen molar-refractivity contribution in [3.8, 4) is 11.5 Å². The zero-order chi connectivity index (χ0) is 14.7. The minimum Gasteiger partial charge on any atom is -0.457 e. The number of hydrogen-bond acceptors (Lipinski definition) is 2. The van der Waals surface area contributed by atoms with Crippen LogP contribution in [0.4, 0.5) is 0 Å². The van der Waals surface area contributed by atoms with Crippen molar-refractivity contribution in [3.05, 3.63) is 58.6 Å². The average molecular weight is 302 g/mol. The summed E-state index contributed by atoms with van der Waals surface area (Å²) in [5.41, 5.74) is 2.40. The maximum atomic E-state index is 6.12. The van der Waals surface area contributed by atoms with E-state index in [2.05, 4.69) is 24.4 Å². The Bertz CT molecular complexity index is 605. The van der Waals surface area contributed by atoms with Crippen LogP contribution in [0.25, 0.3) is 0 Å². The van der Waals surface area contributed by atoms with Gasteiger partial charge in [0.15, 0.2) is 0 Å². The monoisotopic (exact) mass is 301 g/mol. The minimum atomic E-state index is 0.738. The molecule has 3 rings (SSSR count). The molecule has 0 saturated heterocycles. The standard InChI is InChI=1S/C18H20ClNO/c1-2-14-11-17(9-10-18(14)19)21-16-7-3-13(4-8-16)12-20-15-5-6-15/h3-4,7-11,15,20H,2,5-6,12H2,1H3. The van der Waals surface area contributed by atoms with Crippen molar-refractivity contribution in [2.75, 3.05) is 0 Å². The van der Waals surface area contributed by atoms with Gasteiger partial charge in [0.1, 0.15) is 11.5 Å². The minimum absolute atomic E-state index is 0.738. The molecule has 0 atom stereocenters. The molecule has 2 aromatic carbocycles. The van der Waals surface area contributed by atoms with Gasteiger partial charge in [-0.1, -0.05) is 30.7 Å². The highest BCUT2D eigenvalue weighted by Crippen LogP contribution is 2.27. The molecule has 0 unspecified atom stereocenters. The Kier molecular flexibility index (Phi) is 4.47. The molecule has 0 aromatic heterocycles. The second kappa shape index (κ2) is 6.50. The lowest BCUT2D eigenvalue weighted by molar-refractivity contribution is 0.481. The second-order valence-corrected chi connectivity index (χ2v) is 5.92. The van der Waals surface area contributed by atoms with Crippen LogP contribution in [0.3, 0.4) is 0 Å². The first-order chi connectivity index (χ1) is 10.2. The highest BCUT2D eigenvalue weighted by atomic mass is 35.5. The van der Waals surface area contributed by atoms with Gasteiger partial charge in [0.2, 0.25) is 0 Å². The van der Waals surface area contributed by atoms with E-state index in [0.717, 1.165) is 41.1 Å². The molecule has 2 aromatic rings. The van der Waals surface area contributed by atoms with Gasteiger partial charge in [-0.15, -0.1) is 0 Å². The number of hydrogen-bond donors (Lipinski definition) is 1. The van der Waals surface area contributed by atoms with Gasteiger partial charge in [-0.05, 0) is 60.7 Å². The Balaban J connectivity index is 1.63. The van der Waals surface area contributed by atoms with Crippen LogP contribution in [0, 0.1) is 0 Å². The number of nitrogens with one attached hydrogen (secondary N) is 1. The first-order valence-corrected chi connectivity index (χ1v) is 7.91. The molecule has 21 heavy (non-hydrogen) atoms. The largest absolute Gasteiger partial charge is 0.457 e. The molecule has 0 bridgehead atoms. The van der Waals surface area contributed by atoms with Crippen molar-refractivity contribution in [3.63, 3.8) is 0 Å². The fraction of sp³-hybridized carbons (Fsp3) is 0.333. The molecule has 110 valence electrons. The van der Waals surface area contributed by atoms with Crippen LogP contribution in [0.2, 0.25) is 5.02 Å². The predicted octanol–water partition coefficient (Wildman–Crippen LogP) is 4.95. The van der Waals surface area contributed by atoms with Crippen molar-refractivity contribution < 1.29 is 4.74 Å². The number of aryl methyl sites for hydroxylation is 1. The van der Waals surface area contributed by atoms with Gasteiger partial charge in [-0.3, -0.25) is 0 Å². The Hall–Kier alpha value is -1.51. The molecule has 1 fully saturated rings. The second-order valence-electron chi connectivity index (χ2n) is 5.51. The van der Waals surface area contributed by atoms with Gasteiger partial charge < -0.3 is 10.1 Å². The maximum absolute atomic E-state index is 6.12. The van der Waals surface area contributed by atoms with E-state index >= 15 is 0 Å². The third-order valence-corrected chi connectivity index (χ3v) is 4.10. The Morgan fingerprint density at radius 3 is 2.48 bits per heavy atom. The fourth-order valence-corrected chi connectivity index (χ4v) is 2.50. The molecule has 1 saturated carbocycles. The van der Waals surface area contributed by atoms with Crippen LogP contribution in [0.1, 0.15) is 30.9 Å². The summed E-state index contributed by atoms with van der Waals surface area (Å²) in [6, 6.07) is 14.8. The van der Waals surface area contributed by atoms with E-state index in [1.165, 1.54) is 18.4 Å². The van der Waals surface area contributed by atoms with Crippen LogP contribution >= 0.6 is 11.6 Å². The average Bonchev–Trinajstić information content (AvgIpc) is 3.33. The lowest BCUT2D eigenvalue weighted by atomic mass is 10.1. The maximum Gasteiger partial charge on any atom is 0.127 e. The number of benzene rings is 2. The van der Waals surface area contributed by atoms with E-state index in [9.17, 15) is 0 Å². The van der Waals surface area contributed by atoms with Gasteiger partial charge in [-0.2, -0.15) is 0 Å². The highest BCUT2D eigenvalue weighted by molar-refractivity contribution is 6.31. The van der Waals surface area contributed by atoms with Crippen molar-refractivity contribution in [2.45, 2.75) is 38.8 Å². The molecule has 0 amide bonds. The van der Waals surface area contributed by atoms with E-state index in [-0.39, 0.29) is 0 Å². The molecule has 1 N–H and O–H groups in total. The summed E-state index contributed by atoms with van der Waals surface area (Å²) in [6.45, 7) is 3.03. The molecule has 3 heteroatoms. The van der Waals surface area contributed by atoms with Crippen molar-refractivity contribution in [1.29, 1.82) is 0 Å². The van der Waals surface area contributed by atoms with E-state index in [1.807, 2.05) is 30.3 Å². The topological polar surface area (TPSA) is 21.3 Å². The molecule has 0 heterocycles. The van der Waals surface area contributed by atoms with E-state index in [0.29, 0.717) is 0 Å². The molecule has 1 aliphatic carbocycles. The van der Waals surface area contributed by atoms with Crippen molar-refractivity contribution in [1.82, 2.24) is 5.32 Å². The predicted molar refractivity (Wildman–Crippen MR) is 87.2 cm³/mol. The molecule has 0 radical (unpaired) electrons. The summed E-state index contributed by atoms with van der Waals surface area (Å²) >= 11 is 6.12. The van der Waals surface area contributed by atoms with Gasteiger partial charge in [-0.25, -0.2) is 0 Å². The lowest BCUT2D eigenvalue weighted by Crippen LogP contribution is -2.14. The third-order valence-electron chi connectivity index (χ3n) is 3.73. The zero-order valence-electron chi connectivity index (χ0n) is 12.2.